The largest absolute Gasteiger partial charge is 0.353 e. The zero-order chi connectivity index (χ0) is 15.8. The van der Waals surface area contributed by atoms with Crippen molar-refractivity contribution >= 4 is 23.2 Å². The minimum absolute atomic E-state index is 0.123. The molecule has 0 radical (unpaired) electrons. The van der Waals surface area contributed by atoms with Crippen LogP contribution in [-0.2, 0) is 4.79 Å². The van der Waals surface area contributed by atoms with Crippen LogP contribution in [0.3, 0.4) is 0 Å². The van der Waals surface area contributed by atoms with Crippen molar-refractivity contribution in [3.8, 4) is 0 Å². The molecule has 1 amide bonds. The standard InChI is InChI=1S/C18H23N3OS/c1-12(16-9-13-5-6-14(16)8-13)20-17(22)11-23-18-19-10-15-4-2-3-7-21(15)18/h2-4,7,10,12-14,16H,5-6,8-9,11H2,1H3,(H,20,22)/t12-,13-,14-,16-/m0/s1. The Morgan fingerprint density at radius 1 is 1.43 bits per heavy atom. The molecule has 2 bridgehead atoms. The molecule has 2 saturated carbocycles. The lowest BCUT2D eigenvalue weighted by Crippen LogP contribution is -2.40. The summed E-state index contributed by atoms with van der Waals surface area (Å²) in [7, 11) is 0. The van der Waals surface area contributed by atoms with E-state index in [2.05, 4.69) is 17.2 Å². The van der Waals surface area contributed by atoms with Gasteiger partial charge in [-0.1, -0.05) is 24.2 Å². The topological polar surface area (TPSA) is 46.4 Å². The summed E-state index contributed by atoms with van der Waals surface area (Å²) in [5, 5.41) is 4.10. The Hall–Kier alpha value is -1.49. The molecule has 0 aromatic carbocycles. The summed E-state index contributed by atoms with van der Waals surface area (Å²) in [4.78, 5) is 16.7. The Morgan fingerprint density at radius 2 is 2.35 bits per heavy atom. The van der Waals surface area contributed by atoms with E-state index in [0.717, 1.165) is 22.5 Å². The molecule has 2 aliphatic rings. The van der Waals surface area contributed by atoms with E-state index in [9.17, 15) is 4.79 Å². The molecule has 4 rings (SSSR count). The SMILES string of the molecule is C[C@H](NC(=O)CSc1ncc2ccccn12)[C@@H]1C[C@H]2CC[C@H]1C2. The lowest BCUT2D eigenvalue weighted by Gasteiger charge is -2.28. The maximum absolute atomic E-state index is 12.3. The predicted octanol–water partition coefficient (Wildman–Crippen LogP) is 3.37. The molecule has 23 heavy (non-hydrogen) atoms. The number of pyridine rings is 1. The lowest BCUT2D eigenvalue weighted by atomic mass is 9.84. The average molecular weight is 329 g/mol. The first-order valence-corrected chi connectivity index (χ1v) is 9.53. The van der Waals surface area contributed by atoms with Crippen LogP contribution in [-0.4, -0.2) is 27.1 Å². The van der Waals surface area contributed by atoms with Crippen LogP contribution in [0.5, 0.6) is 0 Å². The first kappa shape index (κ1) is 15.1. The number of hydrogen-bond donors (Lipinski definition) is 1. The van der Waals surface area contributed by atoms with Crippen molar-refractivity contribution in [2.45, 2.75) is 43.8 Å². The van der Waals surface area contributed by atoms with Gasteiger partial charge in [0, 0.05) is 12.2 Å². The molecule has 0 saturated heterocycles. The van der Waals surface area contributed by atoms with Crippen LogP contribution in [0.2, 0.25) is 0 Å². The van der Waals surface area contributed by atoms with Gasteiger partial charge >= 0.3 is 0 Å². The minimum atomic E-state index is 0.123. The van der Waals surface area contributed by atoms with E-state index >= 15 is 0 Å². The number of imidazole rings is 1. The van der Waals surface area contributed by atoms with Crippen molar-refractivity contribution in [3.05, 3.63) is 30.6 Å². The number of amides is 1. The normalized spacial score (nSPS) is 27.4. The molecule has 2 aliphatic carbocycles. The smallest absolute Gasteiger partial charge is 0.230 e. The van der Waals surface area contributed by atoms with E-state index in [-0.39, 0.29) is 5.91 Å². The molecule has 4 nitrogen and oxygen atoms in total. The summed E-state index contributed by atoms with van der Waals surface area (Å²) in [6.45, 7) is 2.18. The zero-order valence-electron chi connectivity index (χ0n) is 13.4. The van der Waals surface area contributed by atoms with Crippen LogP contribution in [0.1, 0.15) is 32.6 Å². The fraction of sp³-hybridized carbons (Fsp3) is 0.556. The van der Waals surface area contributed by atoms with Crippen molar-refractivity contribution in [1.82, 2.24) is 14.7 Å². The van der Waals surface area contributed by atoms with Crippen molar-refractivity contribution < 1.29 is 4.79 Å². The van der Waals surface area contributed by atoms with Gasteiger partial charge in [-0.05, 0) is 56.1 Å². The molecule has 5 heteroatoms. The highest BCUT2D eigenvalue weighted by atomic mass is 32.2. The monoisotopic (exact) mass is 329 g/mol. The van der Waals surface area contributed by atoms with Gasteiger partial charge in [-0.15, -0.1) is 0 Å². The van der Waals surface area contributed by atoms with E-state index in [0.29, 0.717) is 17.7 Å². The number of thioether (sulfide) groups is 1. The Balaban J connectivity index is 1.32. The van der Waals surface area contributed by atoms with Crippen LogP contribution in [0, 0.1) is 17.8 Å². The highest BCUT2D eigenvalue weighted by Crippen LogP contribution is 2.49. The minimum Gasteiger partial charge on any atom is -0.353 e. The highest BCUT2D eigenvalue weighted by molar-refractivity contribution is 7.99. The Kier molecular flexibility index (Phi) is 4.05. The van der Waals surface area contributed by atoms with Crippen molar-refractivity contribution in [3.63, 3.8) is 0 Å². The Morgan fingerprint density at radius 3 is 3.13 bits per heavy atom. The zero-order valence-corrected chi connectivity index (χ0v) is 14.3. The van der Waals surface area contributed by atoms with E-state index in [4.69, 9.17) is 0 Å². The number of rotatable bonds is 5. The number of hydrogen-bond acceptors (Lipinski definition) is 3. The first-order valence-electron chi connectivity index (χ1n) is 8.55. The molecule has 0 aliphatic heterocycles. The molecular formula is C18H23N3OS. The molecule has 0 unspecified atom stereocenters. The Bertz CT molecular complexity index is 713. The maximum atomic E-state index is 12.3. The molecule has 0 spiro atoms. The number of carbonyl (C=O) groups excluding carboxylic acids is 1. The number of nitrogens with one attached hydrogen (secondary N) is 1. The molecular weight excluding hydrogens is 306 g/mol. The summed E-state index contributed by atoms with van der Waals surface area (Å²) in [6.07, 6.45) is 9.30. The van der Waals surface area contributed by atoms with Crippen LogP contribution >= 0.6 is 11.8 Å². The van der Waals surface area contributed by atoms with Crippen LogP contribution in [0.4, 0.5) is 0 Å². The maximum Gasteiger partial charge on any atom is 0.230 e. The van der Waals surface area contributed by atoms with E-state index in [1.54, 1.807) is 0 Å². The average Bonchev–Trinajstić information content (AvgIpc) is 3.28. The lowest BCUT2D eigenvalue weighted by molar-refractivity contribution is -0.119. The molecule has 4 atom stereocenters. The van der Waals surface area contributed by atoms with Gasteiger partial charge in [-0.3, -0.25) is 9.20 Å². The van der Waals surface area contributed by atoms with Crippen LogP contribution < -0.4 is 5.32 Å². The van der Waals surface area contributed by atoms with Gasteiger partial charge in [0.25, 0.3) is 0 Å². The summed E-state index contributed by atoms with van der Waals surface area (Å²) in [5.41, 5.74) is 1.06. The van der Waals surface area contributed by atoms with Crippen LogP contribution in [0.25, 0.3) is 5.52 Å². The highest BCUT2D eigenvalue weighted by Gasteiger charge is 2.42. The molecule has 2 aromatic heterocycles. The first-order chi connectivity index (χ1) is 11.2. The molecule has 1 N–H and O–H groups in total. The molecule has 122 valence electrons. The number of nitrogens with zero attached hydrogens (tertiary/aromatic N) is 2. The molecule has 2 heterocycles. The van der Waals surface area contributed by atoms with Gasteiger partial charge in [0.1, 0.15) is 0 Å². The summed E-state index contributed by atoms with van der Waals surface area (Å²) >= 11 is 1.50. The summed E-state index contributed by atoms with van der Waals surface area (Å²) in [6, 6.07) is 6.30. The fourth-order valence-electron chi connectivity index (χ4n) is 4.47. The fourth-order valence-corrected chi connectivity index (χ4v) is 5.24. The molecule has 2 fully saturated rings. The van der Waals surface area contributed by atoms with E-state index < -0.39 is 0 Å². The van der Waals surface area contributed by atoms with Crippen molar-refractivity contribution in [1.29, 1.82) is 0 Å². The number of carbonyl (C=O) groups is 1. The Labute approximate surface area is 141 Å². The predicted molar refractivity (Wildman–Crippen MR) is 92.5 cm³/mol. The van der Waals surface area contributed by atoms with Crippen LogP contribution in [0.15, 0.2) is 35.7 Å². The van der Waals surface area contributed by atoms with Gasteiger partial charge in [0.05, 0.1) is 17.5 Å². The van der Waals surface area contributed by atoms with Gasteiger partial charge in [-0.2, -0.15) is 0 Å². The van der Waals surface area contributed by atoms with Gasteiger partial charge in [0.15, 0.2) is 5.16 Å². The van der Waals surface area contributed by atoms with E-state index in [1.807, 2.05) is 35.0 Å². The summed E-state index contributed by atoms with van der Waals surface area (Å²) < 4.78 is 2.03. The second-order valence-electron chi connectivity index (χ2n) is 7.02. The quantitative estimate of drug-likeness (QED) is 0.856. The second kappa shape index (κ2) is 6.19. The van der Waals surface area contributed by atoms with Gasteiger partial charge in [0.2, 0.25) is 5.91 Å². The second-order valence-corrected chi connectivity index (χ2v) is 7.96. The van der Waals surface area contributed by atoms with E-state index in [1.165, 1.54) is 37.4 Å². The number of fused-ring (bicyclic) bond motifs is 3. The van der Waals surface area contributed by atoms with Crippen molar-refractivity contribution in [2.75, 3.05) is 5.75 Å². The number of aromatic nitrogens is 2. The van der Waals surface area contributed by atoms with Gasteiger partial charge in [-0.25, -0.2) is 4.98 Å². The third kappa shape index (κ3) is 2.99. The van der Waals surface area contributed by atoms with Gasteiger partial charge < -0.3 is 5.32 Å². The third-order valence-electron chi connectivity index (χ3n) is 5.56. The van der Waals surface area contributed by atoms with Crippen molar-refractivity contribution in [2.24, 2.45) is 17.8 Å². The summed E-state index contributed by atoms with van der Waals surface area (Å²) in [5.74, 6) is 3.02. The third-order valence-corrected chi connectivity index (χ3v) is 6.53. The molecule has 2 aromatic rings.